The van der Waals surface area contributed by atoms with Gasteiger partial charge in [0, 0.05) is 5.56 Å². The Kier molecular flexibility index (Phi) is 9.70. The van der Waals surface area contributed by atoms with E-state index in [9.17, 15) is 14.0 Å². The van der Waals surface area contributed by atoms with Crippen LogP contribution in [0, 0.1) is 24.1 Å². The number of hydrogen-bond acceptors (Lipinski definition) is 5. The van der Waals surface area contributed by atoms with Gasteiger partial charge in [-0.2, -0.15) is 5.10 Å². The van der Waals surface area contributed by atoms with E-state index in [1.54, 1.807) is 26.0 Å². The fourth-order valence-electron chi connectivity index (χ4n) is 2.78. The standard InChI is InChI=1S/C24H25ClFN3O4/c1-5-11-33-22-19(25)12-16(13-20(22)32-6-2)14-27-29-24(31)21(15(3)4)28-23(30)17-7-9-18(26)10-8-17/h1,7-10,12-15,21H,6,11H2,2-4H3,(H,28,30)(H,29,31). The Hall–Kier alpha value is -3.57. The van der Waals surface area contributed by atoms with Crippen LogP contribution in [0.4, 0.5) is 4.39 Å². The van der Waals surface area contributed by atoms with Crippen molar-refractivity contribution in [3.63, 3.8) is 0 Å². The molecule has 0 aliphatic carbocycles. The molecule has 1 atom stereocenters. The second-order valence-electron chi connectivity index (χ2n) is 7.19. The molecule has 0 aliphatic heterocycles. The zero-order valence-electron chi connectivity index (χ0n) is 18.5. The molecule has 0 aromatic heterocycles. The molecular formula is C24H25ClFN3O4. The van der Waals surface area contributed by atoms with Gasteiger partial charge in [0.15, 0.2) is 11.5 Å². The molecule has 0 radical (unpaired) electrons. The molecule has 7 nitrogen and oxygen atoms in total. The lowest BCUT2D eigenvalue weighted by Crippen LogP contribution is -2.48. The number of rotatable bonds is 10. The third-order valence-corrected chi connectivity index (χ3v) is 4.64. The Morgan fingerprint density at radius 3 is 2.55 bits per heavy atom. The molecule has 2 aromatic carbocycles. The highest BCUT2D eigenvalue weighted by molar-refractivity contribution is 6.32. The van der Waals surface area contributed by atoms with Crippen LogP contribution in [0.25, 0.3) is 0 Å². The summed E-state index contributed by atoms with van der Waals surface area (Å²) in [7, 11) is 0. The Morgan fingerprint density at radius 2 is 1.94 bits per heavy atom. The van der Waals surface area contributed by atoms with Gasteiger partial charge in [-0.3, -0.25) is 9.59 Å². The maximum absolute atomic E-state index is 13.1. The van der Waals surface area contributed by atoms with Crippen LogP contribution in [0.2, 0.25) is 5.02 Å². The van der Waals surface area contributed by atoms with Gasteiger partial charge in [-0.05, 0) is 54.8 Å². The number of hydrogen-bond donors (Lipinski definition) is 2. The van der Waals surface area contributed by atoms with Crippen molar-refractivity contribution in [3.05, 3.63) is 58.4 Å². The number of halogens is 2. The average Bonchev–Trinajstić information content (AvgIpc) is 2.77. The quantitative estimate of drug-likeness (QED) is 0.312. The van der Waals surface area contributed by atoms with Gasteiger partial charge in [-0.1, -0.05) is 31.4 Å². The minimum Gasteiger partial charge on any atom is -0.490 e. The molecule has 174 valence electrons. The van der Waals surface area contributed by atoms with Crippen molar-refractivity contribution in [2.24, 2.45) is 11.0 Å². The predicted octanol–water partition coefficient (Wildman–Crippen LogP) is 3.79. The molecule has 2 amide bonds. The molecule has 2 N–H and O–H groups in total. The number of nitrogens with one attached hydrogen (secondary N) is 2. The topological polar surface area (TPSA) is 89.0 Å². The van der Waals surface area contributed by atoms with Crippen molar-refractivity contribution < 1.29 is 23.5 Å². The molecule has 1 unspecified atom stereocenters. The van der Waals surface area contributed by atoms with E-state index in [0.717, 1.165) is 0 Å². The van der Waals surface area contributed by atoms with E-state index in [4.69, 9.17) is 27.5 Å². The van der Waals surface area contributed by atoms with Gasteiger partial charge < -0.3 is 14.8 Å². The lowest BCUT2D eigenvalue weighted by molar-refractivity contribution is -0.123. The monoisotopic (exact) mass is 473 g/mol. The highest BCUT2D eigenvalue weighted by Crippen LogP contribution is 2.36. The van der Waals surface area contributed by atoms with Crippen LogP contribution in [0.1, 0.15) is 36.7 Å². The van der Waals surface area contributed by atoms with Crippen LogP contribution in [-0.2, 0) is 4.79 Å². The summed E-state index contributed by atoms with van der Waals surface area (Å²) in [6.45, 7) is 5.78. The summed E-state index contributed by atoms with van der Waals surface area (Å²) in [5.74, 6) is 1.38. The van der Waals surface area contributed by atoms with E-state index in [-0.39, 0.29) is 23.1 Å². The van der Waals surface area contributed by atoms with Crippen LogP contribution in [0.5, 0.6) is 11.5 Å². The molecule has 0 aliphatic rings. The molecule has 2 aromatic rings. The average molecular weight is 474 g/mol. The predicted molar refractivity (Wildman–Crippen MR) is 125 cm³/mol. The van der Waals surface area contributed by atoms with Crippen molar-refractivity contribution in [2.45, 2.75) is 26.8 Å². The van der Waals surface area contributed by atoms with Gasteiger partial charge in [0.25, 0.3) is 11.8 Å². The molecule has 0 heterocycles. The Bertz CT molecular complexity index is 1050. The summed E-state index contributed by atoms with van der Waals surface area (Å²) < 4.78 is 24.1. The summed E-state index contributed by atoms with van der Waals surface area (Å²) in [5, 5.41) is 6.87. The van der Waals surface area contributed by atoms with E-state index in [1.807, 2.05) is 6.92 Å². The van der Waals surface area contributed by atoms with Gasteiger partial charge in [-0.25, -0.2) is 9.82 Å². The first-order valence-electron chi connectivity index (χ1n) is 10.2. The fraction of sp³-hybridized carbons (Fsp3) is 0.292. The van der Waals surface area contributed by atoms with Gasteiger partial charge >= 0.3 is 0 Å². The smallest absolute Gasteiger partial charge is 0.262 e. The molecule has 0 fully saturated rings. The van der Waals surface area contributed by atoms with Crippen molar-refractivity contribution in [1.29, 1.82) is 0 Å². The third-order valence-electron chi connectivity index (χ3n) is 4.36. The number of ether oxygens (including phenoxy) is 2. The largest absolute Gasteiger partial charge is 0.490 e. The van der Waals surface area contributed by atoms with Gasteiger partial charge in [0.2, 0.25) is 0 Å². The molecule has 0 saturated heterocycles. The minimum atomic E-state index is -0.859. The number of nitrogens with zero attached hydrogens (tertiary/aromatic N) is 1. The van der Waals surface area contributed by atoms with Gasteiger partial charge in [0.05, 0.1) is 17.8 Å². The van der Waals surface area contributed by atoms with E-state index in [1.165, 1.54) is 30.5 Å². The van der Waals surface area contributed by atoms with Gasteiger partial charge in [-0.15, -0.1) is 6.42 Å². The molecular weight excluding hydrogens is 449 g/mol. The number of benzene rings is 2. The molecule has 9 heteroatoms. The zero-order chi connectivity index (χ0) is 24.4. The minimum absolute atomic E-state index is 0.0313. The lowest BCUT2D eigenvalue weighted by atomic mass is 10.0. The number of carbonyl (C=O) groups is 2. The third kappa shape index (κ3) is 7.51. The number of terminal acetylenes is 1. The van der Waals surface area contributed by atoms with Crippen LogP contribution in [-0.4, -0.2) is 37.3 Å². The van der Waals surface area contributed by atoms with Crippen molar-refractivity contribution in [2.75, 3.05) is 13.2 Å². The maximum Gasteiger partial charge on any atom is 0.262 e. The molecule has 0 saturated carbocycles. The summed E-state index contributed by atoms with van der Waals surface area (Å²) in [4.78, 5) is 25.0. The van der Waals surface area contributed by atoms with Crippen LogP contribution >= 0.6 is 11.6 Å². The molecule has 0 spiro atoms. The number of hydrazone groups is 1. The Morgan fingerprint density at radius 1 is 1.24 bits per heavy atom. The summed E-state index contributed by atoms with van der Waals surface area (Å²) >= 11 is 6.27. The second-order valence-corrected chi connectivity index (χ2v) is 7.60. The van der Waals surface area contributed by atoms with Crippen molar-refractivity contribution in [3.8, 4) is 23.8 Å². The SMILES string of the molecule is C#CCOc1c(Cl)cc(C=NNC(=O)C(NC(=O)c2ccc(F)cc2)C(C)C)cc1OCC. The van der Waals surface area contributed by atoms with E-state index < -0.39 is 23.7 Å². The van der Waals surface area contributed by atoms with Crippen molar-refractivity contribution >= 4 is 29.6 Å². The first kappa shape index (κ1) is 25.7. The number of carbonyl (C=O) groups excluding carboxylic acids is 2. The van der Waals surface area contributed by atoms with E-state index in [0.29, 0.717) is 23.7 Å². The second kappa shape index (κ2) is 12.5. The summed E-state index contributed by atoms with van der Waals surface area (Å²) in [6.07, 6.45) is 6.61. The lowest BCUT2D eigenvalue weighted by Gasteiger charge is -2.20. The number of amides is 2. The van der Waals surface area contributed by atoms with Crippen LogP contribution < -0.4 is 20.2 Å². The first-order chi connectivity index (χ1) is 15.8. The Labute approximate surface area is 197 Å². The summed E-state index contributed by atoms with van der Waals surface area (Å²) in [6, 6.07) is 7.41. The van der Waals surface area contributed by atoms with Crippen molar-refractivity contribution in [1.82, 2.24) is 10.7 Å². The molecule has 0 bridgehead atoms. The highest BCUT2D eigenvalue weighted by atomic mass is 35.5. The van der Waals surface area contributed by atoms with E-state index >= 15 is 0 Å². The maximum atomic E-state index is 13.1. The van der Waals surface area contributed by atoms with Gasteiger partial charge in [0.1, 0.15) is 18.5 Å². The molecule has 33 heavy (non-hydrogen) atoms. The Balaban J connectivity index is 2.10. The summed E-state index contributed by atoms with van der Waals surface area (Å²) in [5.41, 5.74) is 3.20. The first-order valence-corrected chi connectivity index (χ1v) is 10.6. The van der Waals surface area contributed by atoms with Crippen LogP contribution in [0.3, 0.4) is 0 Å². The zero-order valence-corrected chi connectivity index (χ0v) is 19.3. The highest BCUT2D eigenvalue weighted by Gasteiger charge is 2.24. The van der Waals surface area contributed by atoms with E-state index in [2.05, 4.69) is 21.8 Å². The normalized spacial score (nSPS) is 11.7. The fourth-order valence-corrected chi connectivity index (χ4v) is 3.05. The molecule has 2 rings (SSSR count). The van der Waals surface area contributed by atoms with Crippen LogP contribution in [0.15, 0.2) is 41.5 Å².